The fourth-order valence-corrected chi connectivity index (χ4v) is 1.79. The Kier molecular flexibility index (Phi) is 3.78. The summed E-state index contributed by atoms with van der Waals surface area (Å²) in [5, 5.41) is 9.28. The molecule has 0 atom stereocenters. The van der Waals surface area contributed by atoms with E-state index in [4.69, 9.17) is 5.73 Å². The molecule has 1 aromatic carbocycles. The largest absolute Gasteiger partial charge is 0.368 e. The first kappa shape index (κ1) is 12.4. The second-order valence-corrected chi connectivity index (χ2v) is 4.29. The van der Waals surface area contributed by atoms with Crippen LogP contribution in [0.1, 0.15) is 0 Å². The van der Waals surface area contributed by atoms with Crippen molar-refractivity contribution in [2.75, 3.05) is 16.8 Å². The number of aromatic nitrogens is 3. The summed E-state index contributed by atoms with van der Waals surface area (Å²) in [6.07, 6.45) is 0. The van der Waals surface area contributed by atoms with Crippen LogP contribution in [0.5, 0.6) is 0 Å². The highest BCUT2D eigenvalue weighted by Crippen LogP contribution is 2.14. The number of hydrogen-bond acceptors (Lipinski definition) is 5. The standard InChI is InChI=1S/C10H10FN5OS/c11-6-1-3-7(4-2-6)13-8(17)5-18-10-14-9(12)15-16-10/h1-4H,5H2,(H,13,17)(H3,12,14,15,16). The van der Waals surface area contributed by atoms with Crippen LogP contribution in [-0.2, 0) is 4.79 Å². The van der Waals surface area contributed by atoms with Gasteiger partial charge in [-0.05, 0) is 24.3 Å². The molecular formula is C10H10FN5OS. The van der Waals surface area contributed by atoms with Gasteiger partial charge in [-0.25, -0.2) is 9.49 Å². The van der Waals surface area contributed by atoms with E-state index in [1.807, 2.05) is 0 Å². The number of rotatable bonds is 4. The Morgan fingerprint density at radius 1 is 1.44 bits per heavy atom. The fraction of sp³-hybridized carbons (Fsp3) is 0.100. The van der Waals surface area contributed by atoms with Gasteiger partial charge in [0.25, 0.3) is 0 Å². The van der Waals surface area contributed by atoms with E-state index in [1.165, 1.54) is 24.3 Å². The zero-order valence-corrected chi connectivity index (χ0v) is 10.00. The van der Waals surface area contributed by atoms with Crippen molar-refractivity contribution in [3.63, 3.8) is 0 Å². The monoisotopic (exact) mass is 267 g/mol. The number of nitrogens with two attached hydrogens (primary N) is 1. The van der Waals surface area contributed by atoms with E-state index in [1.54, 1.807) is 0 Å². The number of halogens is 1. The van der Waals surface area contributed by atoms with E-state index in [0.29, 0.717) is 10.8 Å². The van der Waals surface area contributed by atoms with Gasteiger partial charge < -0.3 is 11.1 Å². The lowest BCUT2D eigenvalue weighted by atomic mass is 10.3. The number of amides is 1. The Hall–Kier alpha value is -2.09. The molecular weight excluding hydrogens is 257 g/mol. The van der Waals surface area contributed by atoms with Crippen molar-refractivity contribution in [3.8, 4) is 0 Å². The molecule has 1 heterocycles. The third-order valence-electron chi connectivity index (χ3n) is 1.94. The zero-order chi connectivity index (χ0) is 13.0. The first-order valence-corrected chi connectivity index (χ1v) is 5.98. The van der Waals surface area contributed by atoms with Crippen molar-refractivity contribution in [2.24, 2.45) is 0 Å². The molecule has 0 aliphatic rings. The van der Waals surface area contributed by atoms with Gasteiger partial charge in [-0.15, -0.1) is 5.10 Å². The normalized spacial score (nSPS) is 10.3. The average Bonchev–Trinajstić information content (AvgIpc) is 2.76. The van der Waals surface area contributed by atoms with E-state index in [2.05, 4.69) is 20.5 Å². The van der Waals surface area contributed by atoms with Gasteiger partial charge >= 0.3 is 0 Å². The summed E-state index contributed by atoms with van der Waals surface area (Å²) >= 11 is 1.15. The minimum absolute atomic E-state index is 0.147. The van der Waals surface area contributed by atoms with Gasteiger partial charge in [-0.3, -0.25) is 4.79 Å². The molecule has 0 aliphatic carbocycles. The van der Waals surface area contributed by atoms with Gasteiger partial charge in [0, 0.05) is 5.69 Å². The molecule has 94 valence electrons. The number of thioether (sulfide) groups is 1. The van der Waals surface area contributed by atoms with Gasteiger partial charge in [0.1, 0.15) is 5.82 Å². The number of H-pyrrole nitrogens is 1. The van der Waals surface area contributed by atoms with Crippen molar-refractivity contribution in [1.29, 1.82) is 0 Å². The minimum Gasteiger partial charge on any atom is -0.368 e. The molecule has 0 fully saturated rings. The molecule has 0 aliphatic heterocycles. The number of nitrogens with one attached hydrogen (secondary N) is 2. The molecule has 0 saturated carbocycles. The Labute approximate surface area is 106 Å². The summed E-state index contributed by atoms with van der Waals surface area (Å²) < 4.78 is 12.6. The summed E-state index contributed by atoms with van der Waals surface area (Å²) in [6, 6.07) is 5.53. The number of carbonyl (C=O) groups is 1. The lowest BCUT2D eigenvalue weighted by Gasteiger charge is -2.03. The van der Waals surface area contributed by atoms with Crippen LogP contribution in [0.2, 0.25) is 0 Å². The highest BCUT2D eigenvalue weighted by Gasteiger charge is 2.06. The Balaban J connectivity index is 1.83. The maximum atomic E-state index is 12.6. The second-order valence-electron chi connectivity index (χ2n) is 3.35. The van der Waals surface area contributed by atoms with Crippen molar-refractivity contribution in [3.05, 3.63) is 30.1 Å². The van der Waals surface area contributed by atoms with Crippen molar-refractivity contribution < 1.29 is 9.18 Å². The summed E-state index contributed by atoms with van der Waals surface area (Å²) in [7, 11) is 0. The van der Waals surface area contributed by atoms with Crippen molar-refractivity contribution >= 4 is 29.3 Å². The van der Waals surface area contributed by atoms with Crippen LogP contribution >= 0.6 is 11.8 Å². The molecule has 18 heavy (non-hydrogen) atoms. The summed E-state index contributed by atoms with van der Waals surface area (Å²) in [5.74, 6) is -0.223. The van der Waals surface area contributed by atoms with E-state index >= 15 is 0 Å². The third-order valence-corrected chi connectivity index (χ3v) is 2.79. The highest BCUT2D eigenvalue weighted by molar-refractivity contribution is 7.99. The molecule has 2 aromatic rings. The first-order valence-electron chi connectivity index (χ1n) is 4.99. The van der Waals surface area contributed by atoms with E-state index in [-0.39, 0.29) is 23.4 Å². The fourth-order valence-electron chi connectivity index (χ4n) is 1.18. The quantitative estimate of drug-likeness (QED) is 0.724. The molecule has 0 radical (unpaired) electrons. The number of aromatic amines is 1. The van der Waals surface area contributed by atoms with Crippen LogP contribution in [0.3, 0.4) is 0 Å². The summed E-state index contributed by atoms with van der Waals surface area (Å²) in [4.78, 5) is 15.4. The third kappa shape index (κ3) is 3.45. The number of carbonyl (C=O) groups excluding carboxylic acids is 1. The summed E-state index contributed by atoms with van der Waals surface area (Å²) in [6.45, 7) is 0. The van der Waals surface area contributed by atoms with Crippen LogP contribution in [0, 0.1) is 5.82 Å². The average molecular weight is 267 g/mol. The molecule has 0 unspecified atom stereocenters. The number of nitrogens with zero attached hydrogens (tertiary/aromatic N) is 2. The smallest absolute Gasteiger partial charge is 0.234 e. The van der Waals surface area contributed by atoms with Crippen LogP contribution < -0.4 is 11.1 Å². The second kappa shape index (κ2) is 5.50. The van der Waals surface area contributed by atoms with Gasteiger partial charge in [0.15, 0.2) is 0 Å². The number of hydrogen-bond donors (Lipinski definition) is 3. The van der Waals surface area contributed by atoms with E-state index in [9.17, 15) is 9.18 Å². The number of anilines is 2. The lowest BCUT2D eigenvalue weighted by Crippen LogP contribution is -2.14. The van der Waals surface area contributed by atoms with E-state index in [0.717, 1.165) is 11.8 Å². The number of nitrogen functional groups attached to an aromatic ring is 1. The molecule has 1 aromatic heterocycles. The van der Waals surface area contributed by atoms with Crippen molar-refractivity contribution in [2.45, 2.75) is 5.16 Å². The Morgan fingerprint density at radius 2 is 2.17 bits per heavy atom. The van der Waals surface area contributed by atoms with Crippen LogP contribution in [0.25, 0.3) is 0 Å². The molecule has 0 saturated heterocycles. The maximum absolute atomic E-state index is 12.6. The molecule has 6 nitrogen and oxygen atoms in total. The minimum atomic E-state index is -0.349. The lowest BCUT2D eigenvalue weighted by molar-refractivity contribution is -0.113. The first-order chi connectivity index (χ1) is 8.63. The van der Waals surface area contributed by atoms with Gasteiger partial charge in [-0.2, -0.15) is 4.98 Å². The maximum Gasteiger partial charge on any atom is 0.234 e. The van der Waals surface area contributed by atoms with Crippen LogP contribution in [-0.4, -0.2) is 26.8 Å². The van der Waals surface area contributed by atoms with Gasteiger partial charge in [0.2, 0.25) is 17.0 Å². The van der Waals surface area contributed by atoms with Crippen molar-refractivity contribution in [1.82, 2.24) is 15.2 Å². The molecule has 2 rings (SSSR count). The SMILES string of the molecule is Nc1nc(SCC(=O)Nc2ccc(F)cc2)n[nH]1. The molecule has 4 N–H and O–H groups in total. The van der Waals surface area contributed by atoms with Crippen LogP contribution in [0.15, 0.2) is 29.4 Å². The van der Waals surface area contributed by atoms with Gasteiger partial charge in [-0.1, -0.05) is 11.8 Å². The van der Waals surface area contributed by atoms with Crippen LogP contribution in [0.4, 0.5) is 16.0 Å². The molecule has 8 heteroatoms. The number of benzene rings is 1. The molecule has 0 spiro atoms. The summed E-state index contributed by atoms with van der Waals surface area (Å²) in [5.41, 5.74) is 5.88. The molecule has 1 amide bonds. The molecule has 0 bridgehead atoms. The topological polar surface area (TPSA) is 96.7 Å². The Morgan fingerprint density at radius 3 is 2.78 bits per heavy atom. The Bertz CT molecular complexity index is 541. The predicted molar refractivity (Wildman–Crippen MR) is 66.5 cm³/mol. The highest BCUT2D eigenvalue weighted by atomic mass is 32.2. The van der Waals surface area contributed by atoms with Gasteiger partial charge in [0.05, 0.1) is 5.75 Å². The van der Waals surface area contributed by atoms with E-state index < -0.39 is 0 Å². The predicted octanol–water partition coefficient (Wildman–Crippen LogP) is 1.26. The zero-order valence-electron chi connectivity index (χ0n) is 9.18.